The maximum Gasteiger partial charge on any atom is 0.0674 e. The molecule has 2 aromatic carbocycles. The summed E-state index contributed by atoms with van der Waals surface area (Å²) in [6.45, 7) is 2.07. The first-order chi connectivity index (χ1) is 9.54. The fourth-order valence-corrected chi connectivity index (χ4v) is 3.59. The zero-order chi connectivity index (χ0) is 14.5. The minimum Gasteiger partial charge on any atom is -0.392 e. The molecule has 0 amide bonds. The summed E-state index contributed by atoms with van der Waals surface area (Å²) in [6, 6.07) is 14.1. The van der Waals surface area contributed by atoms with Crippen molar-refractivity contribution in [2.45, 2.75) is 24.3 Å². The van der Waals surface area contributed by atoms with E-state index in [-0.39, 0.29) is 0 Å². The molecule has 1 atom stereocenters. The number of hydrogen-bond donors (Lipinski definition) is 1. The Bertz CT molecular complexity index is 588. The Labute approximate surface area is 137 Å². The second-order valence-corrected chi connectivity index (χ2v) is 7.14. The van der Waals surface area contributed by atoms with Gasteiger partial charge in [-0.15, -0.1) is 11.8 Å². The van der Waals surface area contributed by atoms with Crippen molar-refractivity contribution in [3.05, 3.63) is 63.1 Å². The van der Waals surface area contributed by atoms with Gasteiger partial charge in [0.05, 0.1) is 6.10 Å². The molecule has 0 aliphatic carbocycles. The molecule has 0 spiro atoms. The highest BCUT2D eigenvalue weighted by Gasteiger charge is 2.09. The second kappa shape index (κ2) is 7.51. The van der Waals surface area contributed by atoms with Gasteiger partial charge in [0.2, 0.25) is 0 Å². The summed E-state index contributed by atoms with van der Waals surface area (Å²) in [5, 5.41) is 10.8. The Hall–Kier alpha value is -0.480. The van der Waals surface area contributed by atoms with Crippen LogP contribution in [0, 0.1) is 6.92 Å². The molecule has 0 saturated carbocycles. The van der Waals surface area contributed by atoms with E-state index in [2.05, 4.69) is 41.1 Å². The van der Waals surface area contributed by atoms with E-state index in [1.807, 2.05) is 24.3 Å². The molecule has 106 valence electrons. The topological polar surface area (TPSA) is 20.2 Å². The van der Waals surface area contributed by atoms with Gasteiger partial charge in [-0.1, -0.05) is 51.3 Å². The van der Waals surface area contributed by atoms with Crippen molar-refractivity contribution >= 4 is 39.3 Å². The molecule has 2 rings (SSSR count). The fraction of sp³-hybridized carbons (Fsp3) is 0.250. The molecule has 2 aromatic rings. The van der Waals surface area contributed by atoms with Gasteiger partial charge in [-0.3, -0.25) is 0 Å². The molecule has 0 fully saturated rings. The average Bonchev–Trinajstić information content (AvgIpc) is 2.40. The Balaban J connectivity index is 1.90. The lowest BCUT2D eigenvalue weighted by Crippen LogP contribution is -2.13. The normalized spacial score (nSPS) is 12.4. The Kier molecular flexibility index (Phi) is 5.97. The predicted octanol–water partition coefficient (Wildman–Crippen LogP) is 5.11. The van der Waals surface area contributed by atoms with Crippen LogP contribution in [0.1, 0.15) is 11.1 Å². The third-order valence-corrected chi connectivity index (χ3v) is 4.89. The van der Waals surface area contributed by atoms with Crippen LogP contribution < -0.4 is 0 Å². The van der Waals surface area contributed by atoms with Gasteiger partial charge in [0, 0.05) is 26.6 Å². The molecule has 0 aromatic heterocycles. The van der Waals surface area contributed by atoms with Crippen LogP contribution in [0.3, 0.4) is 0 Å². The number of benzene rings is 2. The Morgan fingerprint density at radius 3 is 2.75 bits per heavy atom. The molecule has 0 saturated heterocycles. The van der Waals surface area contributed by atoms with Crippen molar-refractivity contribution in [1.82, 2.24) is 0 Å². The zero-order valence-corrected chi connectivity index (χ0v) is 14.3. The molecular weight excluding hydrogens is 356 g/mol. The molecule has 1 nitrogen and oxygen atoms in total. The van der Waals surface area contributed by atoms with Gasteiger partial charge in [0.25, 0.3) is 0 Å². The third-order valence-electron chi connectivity index (χ3n) is 2.90. The summed E-state index contributed by atoms with van der Waals surface area (Å²) >= 11 is 11.2. The smallest absolute Gasteiger partial charge is 0.0674 e. The van der Waals surface area contributed by atoms with Crippen LogP contribution in [0.15, 0.2) is 51.8 Å². The van der Waals surface area contributed by atoms with Crippen LogP contribution >= 0.6 is 39.3 Å². The number of hydrogen-bond acceptors (Lipinski definition) is 2. The number of halogens is 2. The van der Waals surface area contributed by atoms with Gasteiger partial charge in [0.1, 0.15) is 0 Å². The van der Waals surface area contributed by atoms with Crippen LogP contribution in [-0.2, 0) is 6.42 Å². The third kappa shape index (κ3) is 4.81. The SMILES string of the molecule is Cc1cccc(SCC(O)Cc2ccc(Br)cc2Cl)c1. The van der Waals surface area contributed by atoms with Gasteiger partial charge < -0.3 is 5.11 Å². The van der Waals surface area contributed by atoms with E-state index >= 15 is 0 Å². The van der Waals surface area contributed by atoms with Gasteiger partial charge >= 0.3 is 0 Å². The van der Waals surface area contributed by atoms with Gasteiger partial charge in [-0.2, -0.15) is 0 Å². The number of aryl methyl sites for hydroxylation is 1. The first-order valence-electron chi connectivity index (χ1n) is 6.36. The van der Waals surface area contributed by atoms with Crippen LogP contribution in [0.25, 0.3) is 0 Å². The standard InChI is InChI=1S/C16H16BrClOS/c1-11-3-2-4-15(7-11)20-10-14(19)8-12-5-6-13(17)9-16(12)18/h2-7,9,14,19H,8,10H2,1H3. The summed E-state index contributed by atoms with van der Waals surface area (Å²) in [4.78, 5) is 1.19. The quantitative estimate of drug-likeness (QED) is 0.737. The minimum absolute atomic E-state index is 0.404. The largest absolute Gasteiger partial charge is 0.392 e. The minimum atomic E-state index is -0.404. The van der Waals surface area contributed by atoms with Crippen LogP contribution in [0.5, 0.6) is 0 Å². The maximum atomic E-state index is 10.1. The van der Waals surface area contributed by atoms with Crippen LogP contribution in [-0.4, -0.2) is 17.0 Å². The lowest BCUT2D eigenvalue weighted by atomic mass is 10.1. The summed E-state index contributed by atoms with van der Waals surface area (Å²) in [5.74, 6) is 0.663. The highest BCUT2D eigenvalue weighted by molar-refractivity contribution is 9.10. The average molecular weight is 372 g/mol. The first-order valence-corrected chi connectivity index (χ1v) is 8.51. The number of rotatable bonds is 5. The van der Waals surface area contributed by atoms with Gasteiger partial charge in [-0.05, 0) is 36.8 Å². The van der Waals surface area contributed by atoms with Gasteiger partial charge in [-0.25, -0.2) is 0 Å². The molecule has 20 heavy (non-hydrogen) atoms. The molecule has 0 radical (unpaired) electrons. The van der Waals surface area contributed by atoms with E-state index in [9.17, 15) is 5.11 Å². The fourth-order valence-electron chi connectivity index (χ4n) is 1.90. The lowest BCUT2D eigenvalue weighted by molar-refractivity contribution is 0.200. The van der Waals surface area contributed by atoms with E-state index in [1.54, 1.807) is 11.8 Å². The van der Waals surface area contributed by atoms with E-state index in [0.717, 1.165) is 10.0 Å². The van der Waals surface area contributed by atoms with Crippen molar-refractivity contribution < 1.29 is 5.11 Å². The number of aliphatic hydroxyl groups excluding tert-OH is 1. The van der Waals surface area contributed by atoms with Crippen molar-refractivity contribution in [3.8, 4) is 0 Å². The Morgan fingerprint density at radius 1 is 1.25 bits per heavy atom. The molecule has 1 N–H and O–H groups in total. The monoisotopic (exact) mass is 370 g/mol. The molecular formula is C16H16BrClOS. The maximum absolute atomic E-state index is 10.1. The molecule has 0 bridgehead atoms. The van der Waals surface area contributed by atoms with E-state index in [1.165, 1.54) is 10.5 Å². The van der Waals surface area contributed by atoms with E-state index < -0.39 is 6.10 Å². The van der Waals surface area contributed by atoms with Crippen molar-refractivity contribution in [1.29, 1.82) is 0 Å². The van der Waals surface area contributed by atoms with Gasteiger partial charge in [0.15, 0.2) is 0 Å². The van der Waals surface area contributed by atoms with Crippen molar-refractivity contribution in [3.63, 3.8) is 0 Å². The summed E-state index contributed by atoms with van der Waals surface area (Å²) in [5.41, 5.74) is 2.22. The van der Waals surface area contributed by atoms with Crippen molar-refractivity contribution in [2.75, 3.05) is 5.75 Å². The lowest BCUT2D eigenvalue weighted by Gasteiger charge is -2.12. The molecule has 0 aliphatic heterocycles. The molecule has 0 aliphatic rings. The highest BCUT2D eigenvalue weighted by Crippen LogP contribution is 2.25. The summed E-state index contributed by atoms with van der Waals surface area (Å²) in [7, 11) is 0. The summed E-state index contributed by atoms with van der Waals surface area (Å²) in [6.07, 6.45) is 0.171. The van der Waals surface area contributed by atoms with Crippen LogP contribution in [0.4, 0.5) is 0 Å². The summed E-state index contributed by atoms with van der Waals surface area (Å²) < 4.78 is 0.954. The Morgan fingerprint density at radius 2 is 2.05 bits per heavy atom. The predicted molar refractivity (Wildman–Crippen MR) is 90.8 cm³/mol. The van der Waals surface area contributed by atoms with Crippen molar-refractivity contribution in [2.24, 2.45) is 0 Å². The number of thioether (sulfide) groups is 1. The van der Waals surface area contributed by atoms with Crippen LogP contribution in [0.2, 0.25) is 5.02 Å². The molecule has 1 unspecified atom stereocenters. The zero-order valence-electron chi connectivity index (χ0n) is 11.1. The molecule has 0 heterocycles. The second-order valence-electron chi connectivity index (χ2n) is 4.72. The number of aliphatic hydroxyl groups is 1. The molecule has 4 heteroatoms. The highest BCUT2D eigenvalue weighted by atomic mass is 79.9. The first kappa shape index (κ1) is 15.9. The van der Waals surface area contributed by atoms with E-state index in [4.69, 9.17) is 11.6 Å². The van der Waals surface area contributed by atoms with E-state index in [0.29, 0.717) is 17.2 Å².